The smallest absolute Gasteiger partial charge is 0.115 e. The second-order valence-electron chi connectivity index (χ2n) is 2.72. The van der Waals surface area contributed by atoms with E-state index in [4.69, 9.17) is 4.74 Å². The molecule has 0 radical (unpaired) electrons. The molecule has 1 aliphatic heterocycles. The third-order valence-electron chi connectivity index (χ3n) is 1.80. The van der Waals surface area contributed by atoms with Crippen LogP contribution in [0.5, 0.6) is 0 Å². The normalized spacial score (nSPS) is 28.9. The van der Waals surface area contributed by atoms with Gasteiger partial charge in [-0.3, -0.25) is 4.90 Å². The lowest BCUT2D eigenvalue weighted by molar-refractivity contribution is -0.0386. The van der Waals surface area contributed by atoms with E-state index in [0.29, 0.717) is 0 Å². The van der Waals surface area contributed by atoms with E-state index in [1.807, 2.05) is 0 Å². The lowest BCUT2D eigenvalue weighted by Gasteiger charge is -2.25. The number of ether oxygens (including phenoxy) is 1. The van der Waals surface area contributed by atoms with Crippen molar-refractivity contribution in [3.8, 4) is 0 Å². The van der Waals surface area contributed by atoms with Crippen LogP contribution >= 0.6 is 0 Å². The van der Waals surface area contributed by atoms with Crippen molar-refractivity contribution in [2.45, 2.75) is 19.6 Å². The molecule has 0 N–H and O–H groups in total. The van der Waals surface area contributed by atoms with Crippen LogP contribution in [-0.2, 0) is 4.74 Å². The Morgan fingerprint density at radius 2 is 2.12 bits per heavy atom. The van der Waals surface area contributed by atoms with Crippen LogP contribution in [0.3, 0.4) is 0 Å². The number of likely N-dealkylation sites (N-methyl/N-ethyl adjacent to an activating group) is 1. The molecule has 0 unspecified atom stereocenters. The Morgan fingerprint density at radius 3 is 2.25 bits per heavy atom. The minimum absolute atomic E-state index is 0.0139. The highest BCUT2D eigenvalue weighted by Crippen LogP contribution is 2.18. The molecule has 0 amide bonds. The Labute approximate surface area is 50.4 Å². The molecule has 1 fully saturated rings. The zero-order chi connectivity index (χ0) is 6.20. The predicted molar refractivity (Wildman–Crippen MR) is 32.7 cm³/mol. The average Bonchev–Trinajstić information content (AvgIpc) is 1.86. The number of nitrogens with zero attached hydrogens (tertiary/aromatic N) is 1. The monoisotopic (exact) mass is 115 g/mol. The highest BCUT2D eigenvalue weighted by atomic mass is 16.5. The van der Waals surface area contributed by atoms with Gasteiger partial charge in [0.25, 0.3) is 0 Å². The zero-order valence-electron chi connectivity index (χ0n) is 5.77. The summed E-state index contributed by atoms with van der Waals surface area (Å²) in [5.41, 5.74) is -0.0139. The van der Waals surface area contributed by atoms with Crippen LogP contribution in [-0.4, -0.2) is 30.8 Å². The van der Waals surface area contributed by atoms with E-state index in [1.54, 1.807) is 0 Å². The lowest BCUT2D eigenvalue weighted by Crippen LogP contribution is -2.35. The molecule has 1 rings (SSSR count). The Balaban J connectivity index is 2.54. The average molecular weight is 115 g/mol. The topological polar surface area (TPSA) is 12.5 Å². The van der Waals surface area contributed by atoms with E-state index in [9.17, 15) is 0 Å². The van der Waals surface area contributed by atoms with Gasteiger partial charge in [-0.15, -0.1) is 0 Å². The fraction of sp³-hybridized carbons (Fsp3) is 1.00. The molecule has 2 heteroatoms. The maximum Gasteiger partial charge on any atom is 0.115 e. The summed E-state index contributed by atoms with van der Waals surface area (Å²) in [6, 6.07) is 0. The first kappa shape index (κ1) is 6.05. The molecule has 0 aromatic rings. The molecule has 1 saturated heterocycles. The van der Waals surface area contributed by atoms with Crippen LogP contribution in [0, 0.1) is 0 Å². The minimum Gasteiger partial charge on any atom is -0.360 e. The quantitative estimate of drug-likeness (QED) is 0.460. The van der Waals surface area contributed by atoms with Crippen molar-refractivity contribution in [2.24, 2.45) is 0 Å². The lowest BCUT2D eigenvalue weighted by atomic mass is 10.3. The molecule has 1 aliphatic rings. The predicted octanol–water partition coefficient (Wildman–Crippen LogP) is 0.684. The van der Waals surface area contributed by atoms with Gasteiger partial charge in [0.15, 0.2) is 0 Å². The van der Waals surface area contributed by atoms with Crippen LogP contribution in [0.4, 0.5) is 0 Å². The van der Waals surface area contributed by atoms with Gasteiger partial charge in [-0.1, -0.05) is 0 Å². The van der Waals surface area contributed by atoms with Gasteiger partial charge in [-0.25, -0.2) is 0 Å². The highest BCUT2D eigenvalue weighted by molar-refractivity contribution is 4.73. The van der Waals surface area contributed by atoms with E-state index in [2.05, 4.69) is 25.8 Å². The van der Waals surface area contributed by atoms with Crippen molar-refractivity contribution in [2.75, 3.05) is 20.2 Å². The first-order valence-electron chi connectivity index (χ1n) is 2.98. The van der Waals surface area contributed by atoms with E-state index in [-0.39, 0.29) is 5.72 Å². The van der Waals surface area contributed by atoms with Crippen molar-refractivity contribution >= 4 is 0 Å². The molecule has 48 valence electrons. The van der Waals surface area contributed by atoms with E-state index < -0.39 is 0 Å². The summed E-state index contributed by atoms with van der Waals surface area (Å²) in [7, 11) is 2.08. The van der Waals surface area contributed by atoms with Crippen LogP contribution in [0.25, 0.3) is 0 Å². The molecule has 0 spiro atoms. The Kier molecular flexibility index (Phi) is 1.29. The van der Waals surface area contributed by atoms with Crippen molar-refractivity contribution in [3.05, 3.63) is 0 Å². The molecule has 0 aromatic heterocycles. The Hall–Kier alpha value is -0.0800. The van der Waals surface area contributed by atoms with Crippen LogP contribution in [0.15, 0.2) is 0 Å². The molecule has 1 heterocycles. The fourth-order valence-electron chi connectivity index (χ4n) is 0.812. The van der Waals surface area contributed by atoms with Gasteiger partial charge in [-0.05, 0) is 20.9 Å². The molecular formula is C6H13NO. The zero-order valence-corrected chi connectivity index (χ0v) is 5.77. The van der Waals surface area contributed by atoms with Gasteiger partial charge in [0.1, 0.15) is 5.72 Å². The third kappa shape index (κ3) is 0.858. The van der Waals surface area contributed by atoms with Crippen molar-refractivity contribution in [3.63, 3.8) is 0 Å². The van der Waals surface area contributed by atoms with Crippen molar-refractivity contribution in [1.82, 2.24) is 4.90 Å². The maximum atomic E-state index is 5.38. The fourth-order valence-corrected chi connectivity index (χ4v) is 0.812. The van der Waals surface area contributed by atoms with Crippen LogP contribution < -0.4 is 0 Å². The van der Waals surface area contributed by atoms with Gasteiger partial charge in [0, 0.05) is 6.54 Å². The summed E-state index contributed by atoms with van der Waals surface area (Å²) in [4.78, 5) is 2.20. The minimum atomic E-state index is -0.0139. The molecule has 2 nitrogen and oxygen atoms in total. The maximum absolute atomic E-state index is 5.38. The molecule has 8 heavy (non-hydrogen) atoms. The van der Waals surface area contributed by atoms with Crippen LogP contribution in [0.1, 0.15) is 13.8 Å². The second-order valence-corrected chi connectivity index (χ2v) is 2.72. The molecule has 0 atom stereocenters. The van der Waals surface area contributed by atoms with Gasteiger partial charge < -0.3 is 4.74 Å². The first-order chi connectivity index (χ1) is 3.63. The van der Waals surface area contributed by atoms with E-state index >= 15 is 0 Å². The second kappa shape index (κ2) is 1.71. The van der Waals surface area contributed by atoms with E-state index in [1.165, 1.54) is 0 Å². The summed E-state index contributed by atoms with van der Waals surface area (Å²) >= 11 is 0. The SMILES string of the molecule is CN1CCOC1(C)C. The summed E-state index contributed by atoms with van der Waals surface area (Å²) in [6.07, 6.45) is 0. The summed E-state index contributed by atoms with van der Waals surface area (Å²) in [5.74, 6) is 0. The Bertz CT molecular complexity index is 90.5. The van der Waals surface area contributed by atoms with Gasteiger partial charge in [0.2, 0.25) is 0 Å². The third-order valence-corrected chi connectivity index (χ3v) is 1.80. The standard InChI is InChI=1S/C6H13NO/c1-6(2)7(3)4-5-8-6/h4-5H2,1-3H3. The first-order valence-corrected chi connectivity index (χ1v) is 2.98. The van der Waals surface area contributed by atoms with Gasteiger partial charge in [0.05, 0.1) is 6.61 Å². The van der Waals surface area contributed by atoms with E-state index in [0.717, 1.165) is 13.2 Å². The molecule has 0 saturated carbocycles. The van der Waals surface area contributed by atoms with Gasteiger partial charge in [-0.2, -0.15) is 0 Å². The number of rotatable bonds is 0. The van der Waals surface area contributed by atoms with Crippen molar-refractivity contribution in [1.29, 1.82) is 0 Å². The summed E-state index contributed by atoms with van der Waals surface area (Å²) in [6.45, 7) is 6.11. The summed E-state index contributed by atoms with van der Waals surface area (Å²) < 4.78 is 5.38. The Morgan fingerprint density at radius 1 is 1.50 bits per heavy atom. The van der Waals surface area contributed by atoms with Gasteiger partial charge >= 0.3 is 0 Å². The molecular weight excluding hydrogens is 102 g/mol. The summed E-state index contributed by atoms with van der Waals surface area (Å²) in [5, 5.41) is 0. The molecule has 0 bridgehead atoms. The molecule has 0 aliphatic carbocycles. The largest absolute Gasteiger partial charge is 0.360 e. The van der Waals surface area contributed by atoms with Crippen molar-refractivity contribution < 1.29 is 4.74 Å². The highest BCUT2D eigenvalue weighted by Gasteiger charge is 2.28. The van der Waals surface area contributed by atoms with Crippen LogP contribution in [0.2, 0.25) is 0 Å². The number of hydrogen-bond donors (Lipinski definition) is 0. The number of hydrogen-bond acceptors (Lipinski definition) is 2. The molecule has 0 aromatic carbocycles.